The van der Waals surface area contributed by atoms with Gasteiger partial charge < -0.3 is 24.5 Å². The summed E-state index contributed by atoms with van der Waals surface area (Å²) in [4.78, 5) is 11.8. The Hall–Kier alpha value is -3.81. The van der Waals surface area contributed by atoms with Gasteiger partial charge in [0.15, 0.2) is 0 Å². The minimum absolute atomic E-state index is 0.581. The monoisotopic (exact) mass is 470 g/mol. The molecule has 35 heavy (non-hydrogen) atoms. The van der Waals surface area contributed by atoms with E-state index in [-0.39, 0.29) is 0 Å². The Labute approximate surface area is 205 Å². The topological polar surface area (TPSA) is 73.8 Å². The molecular formula is C28H30N4O3. The number of benzene rings is 3. The van der Waals surface area contributed by atoms with Gasteiger partial charge in [-0.25, -0.2) is 4.98 Å². The molecule has 0 saturated heterocycles. The summed E-state index contributed by atoms with van der Waals surface area (Å²) in [6.07, 6.45) is 2.67. The van der Waals surface area contributed by atoms with E-state index < -0.39 is 6.23 Å². The van der Waals surface area contributed by atoms with E-state index >= 15 is 0 Å². The van der Waals surface area contributed by atoms with Crippen molar-refractivity contribution in [1.82, 2.24) is 14.9 Å². The standard InChI is InChI=1S/C28H30N4O3/c1-34-25-9-6-10-26(35-2)27(25)28(33)32-14-13-31(18-23-16-29-19-30-23)24-12-11-21(15-22(24)17-32)20-7-4-3-5-8-20/h3-12,15-16,19,28,33H,13-14,17-18H2,1-2H3,(H,29,30). The number of hydrogen-bond acceptors (Lipinski definition) is 6. The minimum atomic E-state index is -0.888. The van der Waals surface area contributed by atoms with Crippen molar-refractivity contribution in [2.45, 2.75) is 19.3 Å². The second-order valence-electron chi connectivity index (χ2n) is 8.63. The van der Waals surface area contributed by atoms with Crippen LogP contribution < -0.4 is 14.4 Å². The lowest BCUT2D eigenvalue weighted by molar-refractivity contribution is -0.00425. The molecule has 0 bridgehead atoms. The first-order valence-corrected chi connectivity index (χ1v) is 11.7. The van der Waals surface area contributed by atoms with Crippen molar-refractivity contribution in [1.29, 1.82) is 0 Å². The quantitative estimate of drug-likeness (QED) is 0.411. The zero-order valence-electron chi connectivity index (χ0n) is 20.0. The fourth-order valence-corrected chi connectivity index (χ4v) is 4.76. The molecule has 7 nitrogen and oxygen atoms in total. The van der Waals surface area contributed by atoms with Crippen LogP contribution in [0.5, 0.6) is 11.5 Å². The van der Waals surface area contributed by atoms with Gasteiger partial charge in [-0.2, -0.15) is 0 Å². The third-order valence-corrected chi connectivity index (χ3v) is 6.54. The van der Waals surface area contributed by atoms with Gasteiger partial charge in [-0.1, -0.05) is 42.5 Å². The zero-order chi connectivity index (χ0) is 24.2. The van der Waals surface area contributed by atoms with Crippen LogP contribution in [-0.4, -0.2) is 47.3 Å². The highest BCUT2D eigenvalue weighted by molar-refractivity contribution is 5.69. The van der Waals surface area contributed by atoms with Crippen LogP contribution in [0.1, 0.15) is 23.0 Å². The van der Waals surface area contributed by atoms with Crippen LogP contribution in [0, 0.1) is 0 Å². The number of hydrogen-bond donors (Lipinski definition) is 2. The molecule has 7 heteroatoms. The number of methoxy groups -OCH3 is 2. The van der Waals surface area contributed by atoms with Crippen molar-refractivity contribution < 1.29 is 14.6 Å². The molecule has 1 aliphatic rings. The Morgan fingerprint density at radius 3 is 2.40 bits per heavy atom. The van der Waals surface area contributed by atoms with E-state index in [0.29, 0.717) is 36.7 Å². The number of aromatic nitrogens is 2. The Bertz CT molecular complexity index is 1240. The highest BCUT2D eigenvalue weighted by Crippen LogP contribution is 2.38. The molecule has 3 aromatic carbocycles. The number of fused-ring (bicyclic) bond motifs is 1. The van der Waals surface area contributed by atoms with Gasteiger partial charge in [0.1, 0.15) is 17.7 Å². The van der Waals surface area contributed by atoms with Crippen LogP contribution in [0.4, 0.5) is 5.69 Å². The smallest absolute Gasteiger partial charge is 0.141 e. The molecule has 1 aromatic heterocycles. The first-order valence-electron chi connectivity index (χ1n) is 11.7. The molecule has 0 aliphatic carbocycles. The number of aliphatic hydroxyl groups excluding tert-OH is 1. The molecule has 0 amide bonds. The SMILES string of the molecule is COc1cccc(OC)c1C(O)N1CCN(Cc2cnc[nH]2)c2ccc(-c3ccccc3)cc2C1. The van der Waals surface area contributed by atoms with Gasteiger partial charge in [0.2, 0.25) is 0 Å². The van der Waals surface area contributed by atoms with Crippen LogP contribution in [-0.2, 0) is 13.1 Å². The lowest BCUT2D eigenvalue weighted by Gasteiger charge is -2.29. The summed E-state index contributed by atoms with van der Waals surface area (Å²) in [6.45, 7) is 2.69. The first-order chi connectivity index (χ1) is 17.2. The number of imidazole rings is 1. The summed E-state index contributed by atoms with van der Waals surface area (Å²) < 4.78 is 11.2. The number of aromatic amines is 1. The molecule has 1 unspecified atom stereocenters. The average molecular weight is 471 g/mol. The number of anilines is 1. The van der Waals surface area contributed by atoms with Crippen LogP contribution in [0.3, 0.4) is 0 Å². The largest absolute Gasteiger partial charge is 0.496 e. The van der Waals surface area contributed by atoms with Crippen LogP contribution in [0.2, 0.25) is 0 Å². The zero-order valence-corrected chi connectivity index (χ0v) is 20.0. The second-order valence-corrected chi connectivity index (χ2v) is 8.63. The highest BCUT2D eigenvalue weighted by Gasteiger charge is 2.29. The van der Waals surface area contributed by atoms with E-state index in [0.717, 1.165) is 34.6 Å². The predicted molar refractivity (Wildman–Crippen MR) is 136 cm³/mol. The van der Waals surface area contributed by atoms with Crippen LogP contribution in [0.25, 0.3) is 11.1 Å². The summed E-state index contributed by atoms with van der Waals surface area (Å²) in [5, 5.41) is 11.6. The third-order valence-electron chi connectivity index (χ3n) is 6.54. The Morgan fingerprint density at radius 1 is 0.943 bits per heavy atom. The highest BCUT2D eigenvalue weighted by atomic mass is 16.5. The minimum Gasteiger partial charge on any atom is -0.496 e. The fraction of sp³-hybridized carbons (Fsp3) is 0.250. The summed E-state index contributed by atoms with van der Waals surface area (Å²) in [5.74, 6) is 1.21. The Kier molecular flexibility index (Phi) is 6.70. The molecule has 1 aliphatic heterocycles. The lowest BCUT2D eigenvalue weighted by atomic mass is 10.0. The number of aliphatic hydroxyl groups is 1. The third kappa shape index (κ3) is 4.73. The van der Waals surface area contributed by atoms with Crippen molar-refractivity contribution in [3.05, 3.63) is 96.1 Å². The number of rotatable bonds is 7. The Balaban J connectivity index is 1.53. The van der Waals surface area contributed by atoms with Gasteiger partial charge in [-0.15, -0.1) is 0 Å². The molecule has 1 atom stereocenters. The normalized spacial score (nSPS) is 14.8. The molecule has 0 fully saturated rings. The molecule has 0 spiro atoms. The maximum Gasteiger partial charge on any atom is 0.141 e. The number of nitrogens with one attached hydrogen (secondary N) is 1. The van der Waals surface area contributed by atoms with E-state index in [1.54, 1.807) is 20.5 Å². The Morgan fingerprint density at radius 2 is 1.71 bits per heavy atom. The summed E-state index contributed by atoms with van der Waals surface area (Å²) >= 11 is 0. The van der Waals surface area contributed by atoms with Gasteiger partial charge in [0.25, 0.3) is 0 Å². The molecule has 0 radical (unpaired) electrons. The molecular weight excluding hydrogens is 440 g/mol. The summed E-state index contributed by atoms with van der Waals surface area (Å²) in [5.41, 5.74) is 6.30. The number of H-pyrrole nitrogens is 1. The van der Waals surface area contributed by atoms with Crippen molar-refractivity contribution in [2.24, 2.45) is 0 Å². The van der Waals surface area contributed by atoms with Crippen molar-refractivity contribution in [2.75, 3.05) is 32.2 Å². The number of ether oxygens (including phenoxy) is 2. The van der Waals surface area contributed by atoms with Crippen molar-refractivity contribution in [3.8, 4) is 22.6 Å². The molecule has 2 heterocycles. The molecule has 0 saturated carbocycles. The van der Waals surface area contributed by atoms with Crippen LogP contribution >= 0.6 is 0 Å². The number of nitrogens with zero attached hydrogens (tertiary/aromatic N) is 3. The van der Waals surface area contributed by atoms with E-state index in [4.69, 9.17) is 9.47 Å². The second kappa shape index (κ2) is 10.2. The van der Waals surface area contributed by atoms with E-state index in [1.165, 1.54) is 0 Å². The van der Waals surface area contributed by atoms with Gasteiger partial charge in [-0.3, -0.25) is 4.90 Å². The van der Waals surface area contributed by atoms with Crippen molar-refractivity contribution in [3.63, 3.8) is 0 Å². The van der Waals surface area contributed by atoms with E-state index in [9.17, 15) is 5.11 Å². The van der Waals surface area contributed by atoms with E-state index in [1.807, 2.05) is 30.5 Å². The van der Waals surface area contributed by atoms with Crippen molar-refractivity contribution >= 4 is 5.69 Å². The predicted octanol–water partition coefficient (Wildman–Crippen LogP) is 4.61. The van der Waals surface area contributed by atoms with Gasteiger partial charge in [0.05, 0.1) is 38.3 Å². The van der Waals surface area contributed by atoms with E-state index in [2.05, 4.69) is 62.2 Å². The maximum atomic E-state index is 11.6. The summed E-state index contributed by atoms with van der Waals surface area (Å²) in [7, 11) is 3.22. The summed E-state index contributed by atoms with van der Waals surface area (Å²) in [6, 6.07) is 22.5. The fourth-order valence-electron chi connectivity index (χ4n) is 4.76. The van der Waals surface area contributed by atoms with Gasteiger partial charge >= 0.3 is 0 Å². The van der Waals surface area contributed by atoms with Gasteiger partial charge in [0, 0.05) is 31.5 Å². The molecule has 5 rings (SSSR count). The molecule has 180 valence electrons. The maximum absolute atomic E-state index is 11.6. The van der Waals surface area contributed by atoms with Gasteiger partial charge in [-0.05, 0) is 41.0 Å². The first kappa shape index (κ1) is 23.0. The average Bonchev–Trinajstić information content (AvgIpc) is 3.36. The lowest BCUT2D eigenvalue weighted by Crippen LogP contribution is -2.34. The molecule has 4 aromatic rings. The molecule has 2 N–H and O–H groups in total. The van der Waals surface area contributed by atoms with Crippen LogP contribution in [0.15, 0.2) is 79.3 Å².